The van der Waals surface area contributed by atoms with Crippen molar-refractivity contribution >= 4 is 33.8 Å². The first-order valence-corrected chi connectivity index (χ1v) is 11.2. The zero-order valence-electron chi connectivity index (χ0n) is 17.6. The van der Waals surface area contributed by atoms with E-state index in [2.05, 4.69) is 25.8 Å². The molecule has 0 aliphatic rings. The SMILES string of the molecule is CC(Oc1cc(C(=O)NCC(NS(=O)(=O)c2ccccc2)C(=O)O)on1)C(=O)Nc1ncc[nH]1. The highest BCUT2D eigenvalue weighted by molar-refractivity contribution is 7.89. The monoisotopic (exact) mass is 492 g/mol. The maximum Gasteiger partial charge on any atom is 0.323 e. The summed E-state index contributed by atoms with van der Waals surface area (Å²) >= 11 is 0. The number of anilines is 1. The molecule has 0 saturated heterocycles. The number of aliphatic carboxylic acids is 1. The molecule has 0 aliphatic heterocycles. The van der Waals surface area contributed by atoms with Crippen LogP contribution in [-0.4, -0.2) is 65.1 Å². The van der Waals surface area contributed by atoms with Gasteiger partial charge in [0.2, 0.25) is 21.7 Å². The Balaban J connectivity index is 1.55. The Morgan fingerprint density at radius 1 is 1.24 bits per heavy atom. The van der Waals surface area contributed by atoms with Crippen molar-refractivity contribution in [2.24, 2.45) is 0 Å². The number of H-pyrrole nitrogens is 1. The van der Waals surface area contributed by atoms with E-state index in [4.69, 9.17) is 9.26 Å². The zero-order valence-corrected chi connectivity index (χ0v) is 18.4. The van der Waals surface area contributed by atoms with Gasteiger partial charge < -0.3 is 24.7 Å². The summed E-state index contributed by atoms with van der Waals surface area (Å²) in [4.78, 5) is 42.2. The maximum absolute atomic E-state index is 12.4. The number of benzene rings is 1. The van der Waals surface area contributed by atoms with Crippen molar-refractivity contribution in [3.05, 3.63) is 54.6 Å². The average molecular weight is 492 g/mol. The Morgan fingerprint density at radius 3 is 2.62 bits per heavy atom. The first-order chi connectivity index (χ1) is 16.2. The first-order valence-electron chi connectivity index (χ1n) is 9.67. The Hall–Kier alpha value is -4.24. The fraction of sp³-hybridized carbons (Fsp3) is 0.211. The van der Waals surface area contributed by atoms with E-state index in [0.717, 1.165) is 6.07 Å². The van der Waals surface area contributed by atoms with E-state index in [0.29, 0.717) is 0 Å². The van der Waals surface area contributed by atoms with Crippen molar-refractivity contribution in [2.45, 2.75) is 24.0 Å². The van der Waals surface area contributed by atoms with Crippen molar-refractivity contribution < 1.29 is 37.2 Å². The van der Waals surface area contributed by atoms with Gasteiger partial charge in [-0.2, -0.15) is 4.72 Å². The smallest absolute Gasteiger partial charge is 0.323 e. The highest BCUT2D eigenvalue weighted by Gasteiger charge is 2.27. The molecule has 0 radical (unpaired) electrons. The third-order valence-electron chi connectivity index (χ3n) is 4.23. The number of aromatic amines is 1. The number of hydrogen-bond acceptors (Lipinski definition) is 9. The van der Waals surface area contributed by atoms with Crippen LogP contribution in [0.15, 0.2) is 58.2 Å². The number of nitrogens with one attached hydrogen (secondary N) is 4. The fourth-order valence-electron chi connectivity index (χ4n) is 2.52. The van der Waals surface area contributed by atoms with Gasteiger partial charge in [0.1, 0.15) is 6.04 Å². The fourth-order valence-corrected chi connectivity index (χ4v) is 3.73. The Labute approximate surface area is 192 Å². The van der Waals surface area contributed by atoms with Crippen molar-refractivity contribution in [1.82, 2.24) is 25.2 Å². The summed E-state index contributed by atoms with van der Waals surface area (Å²) in [6, 6.07) is 6.61. The molecule has 2 atom stereocenters. The quantitative estimate of drug-likeness (QED) is 0.241. The summed E-state index contributed by atoms with van der Waals surface area (Å²) in [5.41, 5.74) is 0. The van der Waals surface area contributed by atoms with Gasteiger partial charge in [0.15, 0.2) is 6.10 Å². The van der Waals surface area contributed by atoms with Gasteiger partial charge in [0.05, 0.1) is 11.0 Å². The normalized spacial score (nSPS) is 13.0. The molecule has 3 rings (SSSR count). The van der Waals surface area contributed by atoms with Crippen LogP contribution < -0.4 is 20.1 Å². The van der Waals surface area contributed by atoms with E-state index >= 15 is 0 Å². The number of amides is 2. The number of imidazole rings is 1. The molecule has 3 aromatic rings. The molecular weight excluding hydrogens is 472 g/mol. The standard InChI is InChI=1S/C19H20N6O8S/c1-11(16(26)23-19-20-7-8-21-19)32-15-9-14(33-24-15)17(27)22-10-13(18(28)29)25-34(30,31)12-5-3-2-4-6-12/h2-9,11,13,25H,10H2,1H3,(H,22,27)(H,28,29)(H2,20,21,23,26). The average Bonchev–Trinajstić information content (AvgIpc) is 3.49. The number of rotatable bonds is 11. The zero-order chi connectivity index (χ0) is 24.7. The number of carbonyl (C=O) groups is 3. The molecule has 0 spiro atoms. The van der Waals surface area contributed by atoms with E-state index in [-0.39, 0.29) is 22.5 Å². The molecule has 1 aromatic carbocycles. The molecule has 34 heavy (non-hydrogen) atoms. The molecule has 2 unspecified atom stereocenters. The second kappa shape index (κ2) is 10.6. The predicted octanol–water partition coefficient (Wildman–Crippen LogP) is -0.0348. The van der Waals surface area contributed by atoms with E-state index in [1.165, 1.54) is 43.6 Å². The van der Waals surface area contributed by atoms with Crippen LogP contribution >= 0.6 is 0 Å². The molecule has 0 bridgehead atoms. The van der Waals surface area contributed by atoms with Crippen molar-refractivity contribution in [3.63, 3.8) is 0 Å². The van der Waals surface area contributed by atoms with Crippen LogP contribution in [0, 0.1) is 0 Å². The molecule has 2 aromatic heterocycles. The number of carboxylic acid groups (broad SMARTS) is 1. The molecule has 2 heterocycles. The maximum atomic E-state index is 12.4. The van der Waals surface area contributed by atoms with Gasteiger partial charge in [-0.1, -0.05) is 18.2 Å². The lowest BCUT2D eigenvalue weighted by Gasteiger charge is -2.15. The van der Waals surface area contributed by atoms with Crippen molar-refractivity contribution in [3.8, 4) is 5.88 Å². The number of sulfonamides is 1. The van der Waals surface area contributed by atoms with Crippen molar-refractivity contribution in [2.75, 3.05) is 11.9 Å². The van der Waals surface area contributed by atoms with Gasteiger partial charge in [-0.05, 0) is 24.2 Å². The summed E-state index contributed by atoms with van der Waals surface area (Å²) in [5, 5.41) is 17.6. The summed E-state index contributed by atoms with van der Waals surface area (Å²) in [6.45, 7) is 0.849. The summed E-state index contributed by atoms with van der Waals surface area (Å²) in [6.07, 6.45) is 1.95. The van der Waals surface area contributed by atoms with Gasteiger partial charge in [-0.15, -0.1) is 0 Å². The summed E-state index contributed by atoms with van der Waals surface area (Å²) in [5.74, 6) is -3.22. The molecule has 0 saturated carbocycles. The first kappa shape index (κ1) is 24.4. The van der Waals surface area contributed by atoms with Crippen LogP contribution in [0.1, 0.15) is 17.5 Å². The number of carboxylic acids is 1. The van der Waals surface area contributed by atoms with Gasteiger partial charge in [0.25, 0.3) is 17.7 Å². The highest BCUT2D eigenvalue weighted by Crippen LogP contribution is 2.14. The molecule has 5 N–H and O–H groups in total. The van der Waals surface area contributed by atoms with Gasteiger partial charge in [0, 0.05) is 18.9 Å². The largest absolute Gasteiger partial charge is 0.480 e. The minimum atomic E-state index is -4.14. The molecule has 15 heteroatoms. The Morgan fingerprint density at radius 2 is 1.97 bits per heavy atom. The summed E-state index contributed by atoms with van der Waals surface area (Å²) in [7, 11) is -4.14. The van der Waals surface area contributed by atoms with Crippen LogP contribution in [0.3, 0.4) is 0 Å². The van der Waals surface area contributed by atoms with E-state index in [1.807, 2.05) is 4.72 Å². The van der Waals surface area contributed by atoms with Gasteiger partial charge in [-0.3, -0.25) is 19.7 Å². The lowest BCUT2D eigenvalue weighted by atomic mass is 10.3. The van der Waals surface area contributed by atoms with E-state index < -0.39 is 46.5 Å². The van der Waals surface area contributed by atoms with E-state index in [1.54, 1.807) is 6.07 Å². The topological polar surface area (TPSA) is 206 Å². The predicted molar refractivity (Wildman–Crippen MR) is 114 cm³/mol. The third-order valence-corrected chi connectivity index (χ3v) is 5.72. The van der Waals surface area contributed by atoms with Crippen molar-refractivity contribution in [1.29, 1.82) is 0 Å². The van der Waals surface area contributed by atoms with E-state index in [9.17, 15) is 27.9 Å². The van der Waals surface area contributed by atoms with Gasteiger partial charge >= 0.3 is 5.97 Å². The highest BCUT2D eigenvalue weighted by atomic mass is 32.2. The molecule has 0 aliphatic carbocycles. The van der Waals surface area contributed by atoms with Crippen LogP contribution in [0.5, 0.6) is 5.88 Å². The van der Waals surface area contributed by atoms with Crippen LogP contribution in [0.25, 0.3) is 0 Å². The second-order valence-corrected chi connectivity index (χ2v) is 8.47. The molecule has 14 nitrogen and oxygen atoms in total. The Kier molecular flexibility index (Phi) is 7.60. The minimum Gasteiger partial charge on any atom is -0.480 e. The Bertz CT molecular complexity index is 1240. The molecule has 2 amide bonds. The van der Waals surface area contributed by atoms with Crippen LogP contribution in [0.4, 0.5) is 5.95 Å². The number of aromatic nitrogens is 3. The second-order valence-electron chi connectivity index (χ2n) is 6.75. The lowest BCUT2D eigenvalue weighted by Crippen LogP contribution is -2.48. The molecular formula is C19H20N6O8S. The van der Waals surface area contributed by atoms with Gasteiger partial charge in [-0.25, -0.2) is 13.4 Å². The molecule has 180 valence electrons. The number of ether oxygens (including phenoxy) is 1. The number of nitrogens with zero attached hydrogens (tertiary/aromatic N) is 2. The third kappa shape index (κ3) is 6.39. The summed E-state index contributed by atoms with van der Waals surface area (Å²) < 4.78 is 36.9. The molecule has 0 fully saturated rings. The minimum absolute atomic E-state index is 0.130. The number of carbonyl (C=O) groups excluding carboxylic acids is 2. The lowest BCUT2D eigenvalue weighted by molar-refractivity contribution is -0.138. The van der Waals surface area contributed by atoms with Crippen LogP contribution in [0.2, 0.25) is 0 Å². The van der Waals surface area contributed by atoms with Crippen LogP contribution in [-0.2, 0) is 19.6 Å². The number of hydrogen-bond donors (Lipinski definition) is 5.